The fourth-order valence-corrected chi connectivity index (χ4v) is 1.58. The summed E-state index contributed by atoms with van der Waals surface area (Å²) in [6.45, 7) is 0. The molecule has 0 aliphatic carbocycles. The molecular weight excluding hydrogens is 328 g/mol. The second kappa shape index (κ2) is 5.07. The lowest BCUT2D eigenvalue weighted by molar-refractivity contribution is -0.141. The van der Waals surface area contributed by atoms with Crippen LogP contribution < -0.4 is 0 Å². The third-order valence-electron chi connectivity index (χ3n) is 2.55. The second-order valence-corrected chi connectivity index (χ2v) is 3.90. The summed E-state index contributed by atoms with van der Waals surface area (Å²) in [5.41, 5.74) is -4.57. The number of alkyl halides is 3. The van der Waals surface area contributed by atoms with Gasteiger partial charge in [0.05, 0.1) is 0 Å². The van der Waals surface area contributed by atoms with Gasteiger partial charge in [-0.3, -0.25) is 4.79 Å². The van der Waals surface area contributed by atoms with Crippen LogP contribution in [0.5, 0.6) is 0 Å². The molecule has 3 nitrogen and oxygen atoms in total. The molecule has 0 N–H and O–H groups in total. The molecule has 1 aromatic heterocycles. The third kappa shape index (κ3) is 2.31. The summed E-state index contributed by atoms with van der Waals surface area (Å²) in [6, 6.07) is 0.102. The average Bonchev–Trinajstić information content (AvgIpc) is 2.87. The van der Waals surface area contributed by atoms with E-state index in [1.54, 1.807) is 0 Å². The lowest BCUT2D eigenvalue weighted by Gasteiger charge is -2.09. The highest BCUT2D eigenvalue weighted by Gasteiger charge is 2.36. The zero-order valence-electron chi connectivity index (χ0n) is 9.98. The van der Waals surface area contributed by atoms with Gasteiger partial charge in [0.25, 0.3) is 0 Å². The first-order chi connectivity index (χ1) is 10.1. The van der Waals surface area contributed by atoms with Crippen LogP contribution in [0.2, 0.25) is 0 Å². The van der Waals surface area contributed by atoms with E-state index >= 15 is 0 Å². The van der Waals surface area contributed by atoms with E-state index in [-0.39, 0.29) is 17.0 Å². The molecule has 0 saturated carbocycles. The van der Waals surface area contributed by atoms with Crippen molar-refractivity contribution < 1.29 is 39.9 Å². The summed E-state index contributed by atoms with van der Waals surface area (Å²) >= 11 is 0. The van der Waals surface area contributed by atoms with Crippen LogP contribution >= 0.6 is 0 Å². The molecule has 0 aliphatic rings. The van der Waals surface area contributed by atoms with Crippen LogP contribution in [-0.4, -0.2) is 16.1 Å². The Morgan fingerprint density at radius 2 is 1.36 bits per heavy atom. The predicted octanol–water partition coefficient (Wildman–Crippen LogP) is 3.40. The molecule has 0 aliphatic heterocycles. The minimum Gasteiger partial charge on any atom is -0.296 e. The van der Waals surface area contributed by atoms with Gasteiger partial charge < -0.3 is 0 Å². The topological polar surface area (TPSA) is 34.9 Å². The standard InChI is InChI=1S/C11H2F8N2O/c12-5-6(13)8(15)10(9(16)7(5)14)21-3(2-22)1-4(20-21)11(17,18)19/h1-2H. The maximum Gasteiger partial charge on any atom is 0.435 e. The van der Waals surface area contributed by atoms with Crippen LogP contribution in [0.1, 0.15) is 16.2 Å². The SMILES string of the molecule is O=Cc1cc(C(F)(F)F)nn1-c1c(F)c(F)c(F)c(F)c1F. The van der Waals surface area contributed by atoms with Gasteiger partial charge in [-0.1, -0.05) is 0 Å². The van der Waals surface area contributed by atoms with Gasteiger partial charge >= 0.3 is 6.18 Å². The van der Waals surface area contributed by atoms with Crippen molar-refractivity contribution in [3.8, 4) is 5.69 Å². The van der Waals surface area contributed by atoms with E-state index in [1.165, 1.54) is 0 Å². The number of halogens is 8. The Hall–Kier alpha value is -2.46. The molecule has 1 heterocycles. The van der Waals surface area contributed by atoms with Gasteiger partial charge in [-0.15, -0.1) is 0 Å². The molecule has 0 unspecified atom stereocenters. The number of nitrogens with zero attached hydrogens (tertiary/aromatic N) is 2. The van der Waals surface area contributed by atoms with E-state index in [0.29, 0.717) is 0 Å². The maximum atomic E-state index is 13.5. The summed E-state index contributed by atoms with van der Waals surface area (Å²) in [7, 11) is 0. The Morgan fingerprint density at radius 1 is 0.909 bits per heavy atom. The lowest BCUT2D eigenvalue weighted by atomic mass is 10.2. The summed E-state index contributed by atoms with van der Waals surface area (Å²) in [5, 5.41) is 2.68. The number of aromatic nitrogens is 2. The lowest BCUT2D eigenvalue weighted by Crippen LogP contribution is -2.14. The minimum atomic E-state index is -5.09. The Labute approximate surface area is 115 Å². The highest BCUT2D eigenvalue weighted by Crippen LogP contribution is 2.31. The van der Waals surface area contributed by atoms with Crippen molar-refractivity contribution in [1.29, 1.82) is 0 Å². The molecule has 0 bridgehead atoms. The van der Waals surface area contributed by atoms with Crippen molar-refractivity contribution in [2.45, 2.75) is 6.18 Å². The zero-order valence-corrected chi connectivity index (χ0v) is 9.98. The number of benzene rings is 1. The van der Waals surface area contributed by atoms with Crippen molar-refractivity contribution in [1.82, 2.24) is 9.78 Å². The van der Waals surface area contributed by atoms with Gasteiger partial charge in [0.15, 0.2) is 35.2 Å². The molecule has 2 rings (SSSR count). The molecular formula is C11H2F8N2O. The van der Waals surface area contributed by atoms with Gasteiger partial charge in [-0.25, -0.2) is 26.6 Å². The molecule has 0 atom stereocenters. The van der Waals surface area contributed by atoms with Crippen LogP contribution in [0, 0.1) is 29.1 Å². The summed E-state index contributed by atoms with van der Waals surface area (Å²) in [6.07, 6.45) is -5.37. The Bertz CT molecular complexity index is 735. The summed E-state index contributed by atoms with van der Waals surface area (Å²) in [4.78, 5) is 10.7. The number of carbonyl (C=O) groups is 1. The first kappa shape index (κ1) is 15.9. The van der Waals surface area contributed by atoms with E-state index in [2.05, 4.69) is 5.10 Å². The van der Waals surface area contributed by atoms with Crippen LogP contribution in [-0.2, 0) is 6.18 Å². The minimum absolute atomic E-state index is 0.102. The first-order valence-electron chi connectivity index (χ1n) is 5.23. The highest BCUT2D eigenvalue weighted by molar-refractivity contribution is 5.73. The van der Waals surface area contributed by atoms with Crippen molar-refractivity contribution in [3.05, 3.63) is 46.5 Å². The summed E-state index contributed by atoms with van der Waals surface area (Å²) in [5.74, 6) is -12.1. The predicted molar refractivity (Wildman–Crippen MR) is 53.7 cm³/mol. The monoisotopic (exact) mass is 330 g/mol. The normalized spacial score (nSPS) is 11.8. The van der Waals surface area contributed by atoms with Gasteiger partial charge in [0, 0.05) is 0 Å². The van der Waals surface area contributed by atoms with E-state index in [9.17, 15) is 39.9 Å². The van der Waals surface area contributed by atoms with E-state index in [0.717, 1.165) is 0 Å². The highest BCUT2D eigenvalue weighted by atomic mass is 19.4. The molecule has 0 fully saturated rings. The Morgan fingerprint density at radius 3 is 1.77 bits per heavy atom. The van der Waals surface area contributed by atoms with Crippen molar-refractivity contribution >= 4 is 6.29 Å². The van der Waals surface area contributed by atoms with Crippen LogP contribution in [0.15, 0.2) is 6.07 Å². The molecule has 118 valence electrons. The molecule has 0 spiro atoms. The smallest absolute Gasteiger partial charge is 0.296 e. The number of carbonyl (C=O) groups excluding carboxylic acids is 1. The third-order valence-corrected chi connectivity index (χ3v) is 2.55. The van der Waals surface area contributed by atoms with E-state index in [1.807, 2.05) is 0 Å². The van der Waals surface area contributed by atoms with Crippen LogP contribution in [0.4, 0.5) is 35.1 Å². The molecule has 1 aromatic carbocycles. The van der Waals surface area contributed by atoms with Crippen molar-refractivity contribution in [2.24, 2.45) is 0 Å². The van der Waals surface area contributed by atoms with Gasteiger partial charge in [0.1, 0.15) is 11.4 Å². The van der Waals surface area contributed by atoms with Gasteiger partial charge in [0.2, 0.25) is 5.82 Å². The quantitative estimate of drug-likeness (QED) is 0.366. The molecule has 0 radical (unpaired) electrons. The zero-order chi connectivity index (χ0) is 16.8. The van der Waals surface area contributed by atoms with Crippen LogP contribution in [0.3, 0.4) is 0 Å². The molecule has 0 saturated heterocycles. The first-order valence-corrected chi connectivity index (χ1v) is 5.23. The Kier molecular flexibility index (Phi) is 3.67. The largest absolute Gasteiger partial charge is 0.435 e. The average molecular weight is 330 g/mol. The number of hydrogen-bond donors (Lipinski definition) is 0. The molecule has 0 amide bonds. The van der Waals surface area contributed by atoms with Gasteiger partial charge in [-0.05, 0) is 6.07 Å². The summed E-state index contributed by atoms with van der Waals surface area (Å²) < 4.78 is 103. The second-order valence-electron chi connectivity index (χ2n) is 3.90. The molecule has 22 heavy (non-hydrogen) atoms. The number of aldehydes is 1. The molecule has 2 aromatic rings. The van der Waals surface area contributed by atoms with Crippen molar-refractivity contribution in [3.63, 3.8) is 0 Å². The maximum absolute atomic E-state index is 13.5. The van der Waals surface area contributed by atoms with Crippen LogP contribution in [0.25, 0.3) is 5.69 Å². The fourth-order valence-electron chi connectivity index (χ4n) is 1.58. The number of hydrogen-bond acceptors (Lipinski definition) is 2. The van der Waals surface area contributed by atoms with Crippen molar-refractivity contribution in [2.75, 3.05) is 0 Å². The fraction of sp³-hybridized carbons (Fsp3) is 0.0909. The Balaban J connectivity index is 2.83. The van der Waals surface area contributed by atoms with E-state index in [4.69, 9.17) is 0 Å². The molecule has 11 heteroatoms. The number of rotatable bonds is 2. The van der Waals surface area contributed by atoms with E-state index < -0.39 is 52.3 Å². The van der Waals surface area contributed by atoms with Gasteiger partial charge in [-0.2, -0.15) is 18.3 Å².